The van der Waals surface area contributed by atoms with E-state index < -0.39 is 5.60 Å². The summed E-state index contributed by atoms with van der Waals surface area (Å²) in [6.45, 7) is 16.3. The van der Waals surface area contributed by atoms with E-state index in [1.54, 1.807) is 6.92 Å². The predicted octanol–water partition coefficient (Wildman–Crippen LogP) is 4.62. The van der Waals surface area contributed by atoms with Gasteiger partial charge in [-0.2, -0.15) is 10.2 Å². The summed E-state index contributed by atoms with van der Waals surface area (Å²) >= 11 is 0. The maximum atomic E-state index is 12.4. The van der Waals surface area contributed by atoms with Gasteiger partial charge in [-0.15, -0.1) is 0 Å². The molecule has 0 radical (unpaired) electrons. The maximum Gasteiger partial charge on any atom is 0.410 e. The Balaban J connectivity index is 0.00000156. The summed E-state index contributed by atoms with van der Waals surface area (Å²) < 4.78 is 10.0. The number of aryl methyl sites for hydroxylation is 1. The number of hydrogen-bond acceptors (Lipinski definition) is 5. The molecule has 5 rings (SSSR count). The van der Waals surface area contributed by atoms with Crippen molar-refractivity contribution >= 4 is 12.0 Å². The van der Waals surface area contributed by atoms with Gasteiger partial charge in [0.15, 0.2) is 0 Å². The Kier molecular flexibility index (Phi) is 7.99. The van der Waals surface area contributed by atoms with Crippen molar-refractivity contribution in [3.05, 3.63) is 34.4 Å². The summed E-state index contributed by atoms with van der Waals surface area (Å²) in [6.07, 6.45) is 7.46. The molecule has 1 saturated heterocycles. The average molecular weight is 513 g/mol. The van der Waals surface area contributed by atoms with Gasteiger partial charge in [-0.05, 0) is 65.4 Å². The van der Waals surface area contributed by atoms with Crippen LogP contribution in [0.25, 0.3) is 0 Å². The van der Waals surface area contributed by atoms with Gasteiger partial charge in [0, 0.05) is 56.5 Å². The van der Waals surface area contributed by atoms with Gasteiger partial charge in [-0.25, -0.2) is 4.79 Å². The lowest BCUT2D eigenvalue weighted by atomic mass is 9.92. The molecule has 37 heavy (non-hydrogen) atoms. The maximum absolute atomic E-state index is 12.4. The van der Waals surface area contributed by atoms with Gasteiger partial charge in [-0.3, -0.25) is 14.2 Å². The molecule has 2 aliphatic heterocycles. The van der Waals surface area contributed by atoms with E-state index in [-0.39, 0.29) is 12.0 Å². The van der Waals surface area contributed by atoms with Gasteiger partial charge in [0.05, 0.1) is 24.0 Å². The number of hydrogen-bond donors (Lipinski definition) is 0. The van der Waals surface area contributed by atoms with Crippen LogP contribution in [0.5, 0.6) is 0 Å². The molecule has 9 heteroatoms. The minimum Gasteiger partial charge on any atom is -0.444 e. The van der Waals surface area contributed by atoms with Crippen LogP contribution in [-0.4, -0.2) is 66.6 Å². The molecule has 4 heterocycles. The molecule has 1 unspecified atom stereocenters. The van der Waals surface area contributed by atoms with E-state index in [0.717, 1.165) is 50.8 Å². The van der Waals surface area contributed by atoms with Gasteiger partial charge < -0.3 is 14.5 Å². The number of likely N-dealkylation sites (tertiary alicyclic amines) is 1. The van der Waals surface area contributed by atoms with Crippen molar-refractivity contribution in [1.82, 2.24) is 29.4 Å². The van der Waals surface area contributed by atoms with Crippen molar-refractivity contribution in [2.24, 2.45) is 0 Å². The van der Waals surface area contributed by atoms with Crippen molar-refractivity contribution < 1.29 is 14.3 Å². The lowest BCUT2D eigenvalue weighted by Crippen LogP contribution is -2.42. The molecule has 0 aromatic carbocycles. The third-order valence-electron chi connectivity index (χ3n) is 7.70. The monoisotopic (exact) mass is 512 g/mol. The molecule has 2 amide bonds. The molecule has 1 atom stereocenters. The van der Waals surface area contributed by atoms with Crippen LogP contribution in [0.3, 0.4) is 0 Å². The molecule has 0 saturated carbocycles. The molecule has 2 aromatic heterocycles. The highest BCUT2D eigenvalue weighted by Crippen LogP contribution is 2.35. The second-order valence-corrected chi connectivity index (χ2v) is 11.3. The lowest BCUT2D eigenvalue weighted by Gasteiger charge is -2.34. The van der Waals surface area contributed by atoms with Crippen LogP contribution in [0.4, 0.5) is 4.79 Å². The molecule has 1 fully saturated rings. The minimum absolute atomic E-state index is 0.134. The summed E-state index contributed by atoms with van der Waals surface area (Å²) in [5, 5.41) is 9.74. The highest BCUT2D eigenvalue weighted by molar-refractivity contribution is 5.73. The molecule has 1 aliphatic carbocycles. The van der Waals surface area contributed by atoms with Crippen molar-refractivity contribution in [3.8, 4) is 0 Å². The quantitative estimate of drug-likeness (QED) is 0.586. The van der Waals surface area contributed by atoms with E-state index in [1.807, 2.05) is 50.6 Å². The summed E-state index contributed by atoms with van der Waals surface area (Å²) in [6, 6.07) is 0.659. The van der Waals surface area contributed by atoms with Gasteiger partial charge in [0.1, 0.15) is 5.60 Å². The first kappa shape index (κ1) is 27.2. The van der Waals surface area contributed by atoms with Crippen LogP contribution in [0.1, 0.15) is 101 Å². The van der Waals surface area contributed by atoms with Crippen molar-refractivity contribution in [3.63, 3.8) is 0 Å². The van der Waals surface area contributed by atoms with Crippen LogP contribution in [0.15, 0.2) is 6.20 Å². The summed E-state index contributed by atoms with van der Waals surface area (Å²) in [5.41, 5.74) is 5.77. The molecule has 0 bridgehead atoms. The second kappa shape index (κ2) is 10.9. The largest absolute Gasteiger partial charge is 0.444 e. The van der Waals surface area contributed by atoms with Crippen LogP contribution in [0, 0.1) is 6.92 Å². The van der Waals surface area contributed by atoms with Crippen LogP contribution >= 0.6 is 0 Å². The molecule has 0 spiro atoms. The first-order valence-corrected chi connectivity index (χ1v) is 14.0. The van der Waals surface area contributed by atoms with Gasteiger partial charge in [0.2, 0.25) is 5.91 Å². The van der Waals surface area contributed by atoms with Gasteiger partial charge in [0.25, 0.3) is 0 Å². The highest BCUT2D eigenvalue weighted by atomic mass is 16.6. The Morgan fingerprint density at radius 2 is 1.65 bits per heavy atom. The van der Waals surface area contributed by atoms with E-state index in [9.17, 15) is 9.59 Å². The van der Waals surface area contributed by atoms with Crippen LogP contribution < -0.4 is 0 Å². The zero-order valence-corrected chi connectivity index (χ0v) is 23.7. The van der Waals surface area contributed by atoms with Gasteiger partial charge >= 0.3 is 6.09 Å². The minimum atomic E-state index is -0.468. The van der Waals surface area contributed by atoms with Crippen molar-refractivity contribution in [1.29, 1.82) is 0 Å². The first-order chi connectivity index (χ1) is 17.6. The van der Waals surface area contributed by atoms with Crippen molar-refractivity contribution in [2.75, 3.05) is 19.6 Å². The fourth-order valence-electron chi connectivity index (χ4n) is 5.85. The molecule has 204 valence electrons. The smallest absolute Gasteiger partial charge is 0.410 e. The van der Waals surface area contributed by atoms with E-state index in [0.29, 0.717) is 31.7 Å². The fraction of sp³-hybridized carbons (Fsp3) is 0.714. The van der Waals surface area contributed by atoms with E-state index >= 15 is 0 Å². The van der Waals surface area contributed by atoms with Crippen LogP contribution in [0.2, 0.25) is 0 Å². The number of rotatable bonds is 2. The Morgan fingerprint density at radius 3 is 2.30 bits per heavy atom. The Morgan fingerprint density at radius 1 is 0.946 bits per heavy atom. The fourth-order valence-corrected chi connectivity index (χ4v) is 5.85. The van der Waals surface area contributed by atoms with Crippen LogP contribution in [-0.2, 0) is 35.3 Å². The number of carbonyl (C=O) groups is 2. The number of aromatic nitrogens is 4. The van der Waals surface area contributed by atoms with E-state index in [4.69, 9.17) is 14.9 Å². The number of ether oxygens (including phenoxy) is 1. The Labute approximate surface area is 221 Å². The number of piperidine rings is 1. The second-order valence-electron chi connectivity index (χ2n) is 11.3. The Hall–Kier alpha value is -2.84. The molecule has 2 aromatic rings. The van der Waals surface area contributed by atoms with E-state index in [2.05, 4.69) is 16.3 Å². The normalized spacial score (nSPS) is 20.0. The number of nitrogens with zero attached hydrogens (tertiary/aromatic N) is 6. The molecule has 9 nitrogen and oxygen atoms in total. The average Bonchev–Trinajstić information content (AvgIpc) is 3.44. The van der Waals surface area contributed by atoms with Crippen molar-refractivity contribution in [2.45, 2.75) is 111 Å². The summed E-state index contributed by atoms with van der Waals surface area (Å²) in [4.78, 5) is 28.0. The third kappa shape index (κ3) is 5.70. The zero-order valence-electron chi connectivity index (χ0n) is 23.7. The van der Waals surface area contributed by atoms with E-state index in [1.165, 1.54) is 22.5 Å². The summed E-state index contributed by atoms with van der Waals surface area (Å²) in [5.74, 6) is 0.134. The standard InChI is InChI=1S/C26H38N6O3.C2H6/c1-17-22-16-30(18(2)33)13-10-24(22)32(28-17)21-6-7-23-19(14-21)15-27-31(23)20-8-11-29(12-9-20)25(34)35-26(3,4)5;1-2/h15,20-21H,6-14,16H2,1-5H3;1-2H3. The molecular formula is C28H44N6O3. The number of amides is 2. The van der Waals surface area contributed by atoms with Gasteiger partial charge in [-0.1, -0.05) is 13.8 Å². The SMILES string of the molecule is CC.CC(=O)N1CCc2c(c(C)nn2C2CCc3c(cnn3C3CCN(C(=O)OC(C)(C)C)CC3)C2)C1. The number of fused-ring (bicyclic) bond motifs is 2. The topological polar surface area (TPSA) is 85.5 Å². The lowest BCUT2D eigenvalue weighted by molar-refractivity contribution is -0.129. The number of carbonyl (C=O) groups excluding carboxylic acids is 2. The summed E-state index contributed by atoms with van der Waals surface area (Å²) in [7, 11) is 0. The third-order valence-corrected chi connectivity index (χ3v) is 7.70. The Bertz CT molecular complexity index is 1120. The zero-order chi connectivity index (χ0) is 26.9. The predicted molar refractivity (Wildman–Crippen MR) is 142 cm³/mol. The first-order valence-electron chi connectivity index (χ1n) is 14.0. The molecular weight excluding hydrogens is 468 g/mol. The molecule has 3 aliphatic rings. The highest BCUT2D eigenvalue weighted by Gasteiger charge is 2.33. The molecule has 0 N–H and O–H groups in total.